The molecule has 10 heteroatoms. The van der Waals surface area contributed by atoms with Gasteiger partial charge >= 0.3 is 12.3 Å². The molecule has 0 bridgehead atoms. The number of rotatable bonds is 6. The van der Waals surface area contributed by atoms with Crippen LogP contribution in [0.4, 0.5) is 18.0 Å². The van der Waals surface area contributed by atoms with Crippen LogP contribution in [-0.2, 0) is 10.9 Å². The van der Waals surface area contributed by atoms with E-state index in [0.717, 1.165) is 12.1 Å². The van der Waals surface area contributed by atoms with Gasteiger partial charge in [-0.25, -0.2) is 4.79 Å². The predicted molar refractivity (Wildman–Crippen MR) is 135 cm³/mol. The van der Waals surface area contributed by atoms with Crippen molar-refractivity contribution in [1.82, 2.24) is 10.2 Å². The lowest BCUT2D eigenvalue weighted by atomic mass is 9.92. The number of alkyl halides is 3. The molecular weight excluding hydrogens is 501 g/mol. The molecule has 202 valence electrons. The Labute approximate surface area is 218 Å². The normalized spacial score (nSPS) is 15.1. The first-order chi connectivity index (χ1) is 17.8. The fourth-order valence-electron chi connectivity index (χ4n) is 4.13. The zero-order chi connectivity index (χ0) is 27.7. The summed E-state index contributed by atoms with van der Waals surface area (Å²) in [7, 11) is 0. The lowest BCUT2D eigenvalue weighted by molar-refractivity contribution is -0.137. The second-order valence-corrected chi connectivity index (χ2v) is 10.2. The molecule has 2 amide bonds. The summed E-state index contributed by atoms with van der Waals surface area (Å²) in [6.45, 7) is 5.80. The Morgan fingerprint density at radius 3 is 2.34 bits per heavy atom. The highest BCUT2D eigenvalue weighted by atomic mass is 19.4. The van der Waals surface area contributed by atoms with Gasteiger partial charge in [0.2, 0.25) is 0 Å². The van der Waals surface area contributed by atoms with E-state index in [0.29, 0.717) is 35.2 Å². The Balaban J connectivity index is 1.41. The summed E-state index contributed by atoms with van der Waals surface area (Å²) in [4.78, 5) is 26.6. The molecule has 3 aromatic rings. The average Bonchev–Trinajstić information content (AvgIpc) is 2.81. The standard InChI is InChI=1S/C28H29F3N2O5/c1-27(2,3)38-26(36)33-14-19(15-33)23(16-34)32-25(35)18-7-12-22-17(13-18)5-4-6-24(22)37-21-10-8-20(9-11-21)28(29,30)31/h4-13,19,23,34H,14-16H2,1-3H3,(H,32,35)/t23-/m1/s1. The SMILES string of the molecule is CC(C)(C)OC(=O)N1CC([C@@H](CO)NC(=O)c2ccc3c(Oc4ccc(C(F)(F)F)cc4)cccc3c2)C1. The number of aliphatic hydroxyl groups is 1. The van der Waals surface area contributed by atoms with Crippen LogP contribution in [0.1, 0.15) is 36.7 Å². The zero-order valence-corrected chi connectivity index (χ0v) is 21.2. The largest absolute Gasteiger partial charge is 0.457 e. The van der Waals surface area contributed by atoms with Gasteiger partial charge in [-0.2, -0.15) is 13.2 Å². The minimum absolute atomic E-state index is 0.110. The van der Waals surface area contributed by atoms with Crippen LogP contribution >= 0.6 is 0 Å². The molecule has 0 spiro atoms. The zero-order valence-electron chi connectivity index (χ0n) is 21.2. The maximum absolute atomic E-state index is 12.9. The number of benzene rings is 3. The molecule has 1 saturated heterocycles. The Morgan fingerprint density at radius 1 is 1.05 bits per heavy atom. The summed E-state index contributed by atoms with van der Waals surface area (Å²) in [6.07, 6.45) is -4.86. The van der Waals surface area contributed by atoms with Crippen molar-refractivity contribution in [2.24, 2.45) is 5.92 Å². The van der Waals surface area contributed by atoms with E-state index >= 15 is 0 Å². The van der Waals surface area contributed by atoms with E-state index in [9.17, 15) is 27.9 Å². The lowest BCUT2D eigenvalue weighted by Crippen LogP contribution is -2.60. The number of nitrogens with zero attached hydrogens (tertiary/aromatic N) is 1. The first-order valence-electron chi connectivity index (χ1n) is 12.1. The molecule has 0 saturated carbocycles. The highest BCUT2D eigenvalue weighted by Gasteiger charge is 2.38. The molecule has 1 atom stereocenters. The molecule has 3 aromatic carbocycles. The van der Waals surface area contributed by atoms with Gasteiger partial charge in [0, 0.05) is 30.0 Å². The van der Waals surface area contributed by atoms with Gasteiger partial charge in [-0.05, 0) is 74.7 Å². The summed E-state index contributed by atoms with van der Waals surface area (Å²) in [5.41, 5.74) is -1.00. The molecule has 2 N–H and O–H groups in total. The molecule has 0 aromatic heterocycles. The van der Waals surface area contributed by atoms with Crippen molar-refractivity contribution < 1.29 is 37.3 Å². The van der Waals surface area contributed by atoms with Gasteiger partial charge < -0.3 is 24.8 Å². The number of likely N-dealkylation sites (tertiary alicyclic amines) is 1. The molecule has 0 unspecified atom stereocenters. The van der Waals surface area contributed by atoms with E-state index in [2.05, 4.69) is 5.32 Å². The van der Waals surface area contributed by atoms with Crippen molar-refractivity contribution in [1.29, 1.82) is 0 Å². The quantitative estimate of drug-likeness (QED) is 0.433. The number of amides is 2. The predicted octanol–water partition coefficient (Wildman–Crippen LogP) is 5.61. The third-order valence-electron chi connectivity index (χ3n) is 6.16. The minimum atomic E-state index is -4.43. The van der Waals surface area contributed by atoms with Gasteiger partial charge in [0.15, 0.2) is 0 Å². The molecular formula is C28H29F3N2O5. The Hall–Kier alpha value is -3.79. The van der Waals surface area contributed by atoms with E-state index in [4.69, 9.17) is 9.47 Å². The number of halogens is 3. The summed E-state index contributed by atoms with van der Waals surface area (Å²) >= 11 is 0. The summed E-state index contributed by atoms with van der Waals surface area (Å²) in [6, 6.07) is 14.1. The topological polar surface area (TPSA) is 88.1 Å². The van der Waals surface area contributed by atoms with Gasteiger partial charge in [-0.15, -0.1) is 0 Å². The minimum Gasteiger partial charge on any atom is -0.457 e. The van der Waals surface area contributed by atoms with Crippen molar-refractivity contribution in [3.05, 3.63) is 71.8 Å². The third kappa shape index (κ3) is 6.36. The summed E-state index contributed by atoms with van der Waals surface area (Å²) in [5.74, 6) is 0.189. The van der Waals surface area contributed by atoms with Crippen LogP contribution < -0.4 is 10.1 Å². The second kappa shape index (κ2) is 10.5. The number of carbonyl (C=O) groups excluding carboxylic acids is 2. The fourth-order valence-corrected chi connectivity index (χ4v) is 4.13. The molecule has 4 rings (SSSR count). The van der Waals surface area contributed by atoms with Crippen LogP contribution in [0.3, 0.4) is 0 Å². The monoisotopic (exact) mass is 530 g/mol. The van der Waals surface area contributed by atoms with Crippen LogP contribution in [0.5, 0.6) is 11.5 Å². The van der Waals surface area contributed by atoms with E-state index in [1.54, 1.807) is 57.2 Å². The summed E-state index contributed by atoms with van der Waals surface area (Å²) < 4.78 is 49.6. The summed E-state index contributed by atoms with van der Waals surface area (Å²) in [5, 5.41) is 14.1. The third-order valence-corrected chi connectivity index (χ3v) is 6.16. The first-order valence-corrected chi connectivity index (χ1v) is 12.1. The van der Waals surface area contributed by atoms with E-state index < -0.39 is 29.5 Å². The number of ether oxygens (including phenoxy) is 2. The van der Waals surface area contributed by atoms with Gasteiger partial charge in [-0.1, -0.05) is 12.1 Å². The fraction of sp³-hybridized carbons (Fsp3) is 0.357. The number of carbonyl (C=O) groups is 2. The molecule has 0 aliphatic carbocycles. The average molecular weight is 531 g/mol. The molecule has 0 radical (unpaired) electrons. The number of hydrogen-bond acceptors (Lipinski definition) is 5. The molecule has 38 heavy (non-hydrogen) atoms. The van der Waals surface area contributed by atoms with Gasteiger partial charge in [0.1, 0.15) is 17.1 Å². The van der Waals surface area contributed by atoms with Crippen LogP contribution in [0, 0.1) is 5.92 Å². The van der Waals surface area contributed by atoms with Crippen LogP contribution in [0.2, 0.25) is 0 Å². The number of fused-ring (bicyclic) bond motifs is 1. The Morgan fingerprint density at radius 2 is 1.74 bits per heavy atom. The van der Waals surface area contributed by atoms with Crippen molar-refractivity contribution >= 4 is 22.8 Å². The van der Waals surface area contributed by atoms with Crippen LogP contribution in [0.25, 0.3) is 10.8 Å². The number of nitrogens with one attached hydrogen (secondary N) is 1. The van der Waals surface area contributed by atoms with Crippen LogP contribution in [-0.4, -0.2) is 53.3 Å². The van der Waals surface area contributed by atoms with Crippen molar-refractivity contribution in [2.45, 2.75) is 38.6 Å². The molecule has 1 heterocycles. The van der Waals surface area contributed by atoms with E-state index in [1.807, 2.05) is 0 Å². The molecule has 1 fully saturated rings. The van der Waals surface area contributed by atoms with E-state index in [1.165, 1.54) is 17.0 Å². The van der Waals surface area contributed by atoms with Gasteiger partial charge in [-0.3, -0.25) is 4.79 Å². The number of hydrogen-bond donors (Lipinski definition) is 2. The maximum Gasteiger partial charge on any atom is 0.416 e. The molecule has 7 nitrogen and oxygen atoms in total. The van der Waals surface area contributed by atoms with E-state index in [-0.39, 0.29) is 24.2 Å². The molecule has 1 aliphatic heterocycles. The highest BCUT2D eigenvalue weighted by molar-refractivity contribution is 6.00. The number of aliphatic hydroxyl groups excluding tert-OH is 1. The van der Waals surface area contributed by atoms with Gasteiger partial charge in [0.05, 0.1) is 18.2 Å². The van der Waals surface area contributed by atoms with Crippen molar-refractivity contribution in [2.75, 3.05) is 19.7 Å². The first kappa shape index (κ1) is 27.3. The maximum atomic E-state index is 12.9. The smallest absolute Gasteiger partial charge is 0.416 e. The molecule has 1 aliphatic rings. The van der Waals surface area contributed by atoms with Gasteiger partial charge in [0.25, 0.3) is 5.91 Å². The Kier molecular flexibility index (Phi) is 7.55. The Bertz CT molecular complexity index is 1310. The van der Waals surface area contributed by atoms with Crippen molar-refractivity contribution in [3.8, 4) is 11.5 Å². The second-order valence-electron chi connectivity index (χ2n) is 10.2. The van der Waals surface area contributed by atoms with Crippen LogP contribution in [0.15, 0.2) is 60.7 Å². The lowest BCUT2D eigenvalue weighted by Gasteiger charge is -2.43. The van der Waals surface area contributed by atoms with Crippen molar-refractivity contribution in [3.63, 3.8) is 0 Å². The highest BCUT2D eigenvalue weighted by Crippen LogP contribution is 2.34.